The molecule has 0 atom stereocenters. The zero-order valence-corrected chi connectivity index (χ0v) is 16.9. The number of amides is 1. The van der Waals surface area contributed by atoms with Crippen LogP contribution in [0, 0.1) is 19.3 Å². The molecule has 2 aromatic carbocycles. The SMILES string of the molecule is Cc1ccc(Sc2ccc(C(=O)NC(=N)N)cc2S(C)(=O)=O)c(C)c1.Cl. The molecule has 0 radical (unpaired) electrons. The fourth-order valence-corrected chi connectivity index (χ4v) is 4.49. The maximum Gasteiger partial charge on any atom is 0.257 e. The molecule has 0 saturated heterocycles. The maximum atomic E-state index is 12.2. The molecule has 0 unspecified atom stereocenters. The van der Waals surface area contributed by atoms with Crippen molar-refractivity contribution in [1.29, 1.82) is 5.41 Å². The van der Waals surface area contributed by atoms with Gasteiger partial charge >= 0.3 is 0 Å². The number of aryl methyl sites for hydroxylation is 2. The van der Waals surface area contributed by atoms with E-state index in [0.29, 0.717) is 4.90 Å². The molecule has 26 heavy (non-hydrogen) atoms. The van der Waals surface area contributed by atoms with E-state index in [1.165, 1.54) is 23.9 Å². The molecule has 0 heterocycles. The lowest BCUT2D eigenvalue weighted by Gasteiger charge is -2.12. The van der Waals surface area contributed by atoms with Gasteiger partial charge in [-0.2, -0.15) is 0 Å². The molecular weight excluding hydrogens is 394 g/mol. The number of carbonyl (C=O) groups is 1. The highest BCUT2D eigenvalue weighted by atomic mass is 35.5. The average molecular weight is 414 g/mol. The summed E-state index contributed by atoms with van der Waals surface area (Å²) in [5.74, 6) is -1.12. The summed E-state index contributed by atoms with van der Waals surface area (Å²) in [7, 11) is -3.54. The number of hydrogen-bond acceptors (Lipinski definition) is 5. The summed E-state index contributed by atoms with van der Waals surface area (Å²) < 4.78 is 24.3. The molecule has 0 fully saturated rings. The predicted molar refractivity (Wildman–Crippen MR) is 106 cm³/mol. The first kappa shape index (κ1) is 22.0. The van der Waals surface area contributed by atoms with Gasteiger partial charge in [-0.05, 0) is 43.7 Å². The molecule has 6 nitrogen and oxygen atoms in total. The third-order valence-corrected chi connectivity index (χ3v) is 5.92. The van der Waals surface area contributed by atoms with Gasteiger partial charge in [0.2, 0.25) is 0 Å². The van der Waals surface area contributed by atoms with Gasteiger partial charge in [-0.3, -0.25) is 15.5 Å². The molecule has 0 aliphatic rings. The molecule has 0 saturated carbocycles. The van der Waals surface area contributed by atoms with Gasteiger partial charge in [0.1, 0.15) is 0 Å². The number of sulfone groups is 1. The first-order valence-corrected chi connectivity index (χ1v) is 10.0. The first-order chi connectivity index (χ1) is 11.6. The van der Waals surface area contributed by atoms with Crippen LogP contribution < -0.4 is 11.1 Å². The van der Waals surface area contributed by atoms with Crippen LogP contribution in [0.5, 0.6) is 0 Å². The van der Waals surface area contributed by atoms with Crippen LogP contribution in [0.25, 0.3) is 0 Å². The third kappa shape index (κ3) is 5.48. The van der Waals surface area contributed by atoms with Crippen molar-refractivity contribution in [2.75, 3.05) is 6.26 Å². The minimum atomic E-state index is -3.54. The van der Waals surface area contributed by atoms with Crippen molar-refractivity contribution in [2.24, 2.45) is 5.73 Å². The van der Waals surface area contributed by atoms with E-state index in [-0.39, 0.29) is 22.9 Å². The molecule has 1 amide bonds. The number of benzene rings is 2. The predicted octanol–water partition coefficient (Wildman–Crippen LogP) is 2.90. The quantitative estimate of drug-likeness (QED) is 0.526. The van der Waals surface area contributed by atoms with E-state index in [2.05, 4.69) is 5.32 Å². The minimum Gasteiger partial charge on any atom is -0.370 e. The van der Waals surface area contributed by atoms with Gasteiger partial charge in [0.15, 0.2) is 15.8 Å². The second-order valence-corrected chi connectivity index (χ2v) is 8.74. The van der Waals surface area contributed by atoms with E-state index in [0.717, 1.165) is 22.3 Å². The molecule has 2 aromatic rings. The highest BCUT2D eigenvalue weighted by Gasteiger charge is 2.18. The molecular formula is C17H20ClN3O3S2. The summed E-state index contributed by atoms with van der Waals surface area (Å²) in [6.45, 7) is 3.95. The fourth-order valence-electron chi connectivity index (χ4n) is 2.25. The normalized spacial score (nSPS) is 10.7. The molecule has 0 aliphatic carbocycles. The monoisotopic (exact) mass is 413 g/mol. The Hall–Kier alpha value is -2.03. The second-order valence-electron chi connectivity index (χ2n) is 5.67. The van der Waals surface area contributed by atoms with E-state index in [1.807, 2.05) is 32.0 Å². The lowest BCUT2D eigenvalue weighted by molar-refractivity contribution is 0.0976. The number of guanidine groups is 1. The van der Waals surface area contributed by atoms with Gasteiger partial charge in [-0.1, -0.05) is 29.5 Å². The van der Waals surface area contributed by atoms with Crippen LogP contribution >= 0.6 is 24.2 Å². The zero-order valence-electron chi connectivity index (χ0n) is 14.5. The Morgan fingerprint density at radius 3 is 2.27 bits per heavy atom. The van der Waals surface area contributed by atoms with Crippen LogP contribution in [0.4, 0.5) is 0 Å². The number of carbonyl (C=O) groups excluding carboxylic acids is 1. The second kappa shape index (κ2) is 8.57. The maximum absolute atomic E-state index is 12.2. The largest absolute Gasteiger partial charge is 0.370 e. The van der Waals surface area contributed by atoms with Gasteiger partial charge in [0.25, 0.3) is 5.91 Å². The Balaban J connectivity index is 0.00000338. The van der Waals surface area contributed by atoms with Crippen LogP contribution in [0.3, 0.4) is 0 Å². The third-order valence-electron chi connectivity index (χ3n) is 3.40. The van der Waals surface area contributed by atoms with Gasteiger partial charge in [0, 0.05) is 21.6 Å². The fraction of sp³-hybridized carbons (Fsp3) is 0.176. The lowest BCUT2D eigenvalue weighted by atomic mass is 10.2. The highest BCUT2D eigenvalue weighted by molar-refractivity contribution is 8.00. The Bertz CT molecular complexity index is 960. The molecule has 4 N–H and O–H groups in total. The summed E-state index contributed by atoms with van der Waals surface area (Å²) in [4.78, 5) is 13.5. The summed E-state index contributed by atoms with van der Waals surface area (Å²) in [6.07, 6.45) is 1.10. The van der Waals surface area contributed by atoms with Crippen molar-refractivity contribution in [1.82, 2.24) is 5.32 Å². The van der Waals surface area contributed by atoms with Crippen molar-refractivity contribution in [3.8, 4) is 0 Å². The van der Waals surface area contributed by atoms with E-state index < -0.39 is 21.7 Å². The molecule has 140 valence electrons. The van der Waals surface area contributed by atoms with E-state index in [1.54, 1.807) is 6.07 Å². The van der Waals surface area contributed by atoms with Crippen molar-refractivity contribution in [3.05, 3.63) is 53.1 Å². The van der Waals surface area contributed by atoms with E-state index >= 15 is 0 Å². The molecule has 0 aliphatic heterocycles. The topological polar surface area (TPSA) is 113 Å². The van der Waals surface area contributed by atoms with Crippen molar-refractivity contribution in [3.63, 3.8) is 0 Å². The van der Waals surface area contributed by atoms with Crippen molar-refractivity contribution < 1.29 is 13.2 Å². The summed E-state index contributed by atoms with van der Waals surface area (Å²) in [5, 5.41) is 9.25. The van der Waals surface area contributed by atoms with Crippen molar-refractivity contribution in [2.45, 2.75) is 28.5 Å². The van der Waals surface area contributed by atoms with Gasteiger partial charge < -0.3 is 5.73 Å². The number of halogens is 1. The summed E-state index contributed by atoms with van der Waals surface area (Å²) >= 11 is 1.33. The molecule has 9 heteroatoms. The van der Waals surface area contributed by atoms with Crippen LogP contribution in [0.1, 0.15) is 21.5 Å². The van der Waals surface area contributed by atoms with Crippen LogP contribution in [-0.4, -0.2) is 26.5 Å². The Morgan fingerprint density at radius 1 is 1.12 bits per heavy atom. The molecule has 2 rings (SSSR count). The van der Waals surface area contributed by atoms with Crippen molar-refractivity contribution >= 4 is 45.9 Å². The van der Waals surface area contributed by atoms with E-state index in [9.17, 15) is 13.2 Å². The first-order valence-electron chi connectivity index (χ1n) is 7.32. The number of rotatable bonds is 4. The Morgan fingerprint density at radius 2 is 1.73 bits per heavy atom. The summed E-state index contributed by atoms with van der Waals surface area (Å²) in [6, 6.07) is 10.3. The van der Waals surface area contributed by atoms with Crippen LogP contribution in [-0.2, 0) is 9.84 Å². The number of nitrogens with one attached hydrogen (secondary N) is 2. The van der Waals surface area contributed by atoms with Gasteiger partial charge in [0.05, 0.1) is 4.90 Å². The highest BCUT2D eigenvalue weighted by Crippen LogP contribution is 2.35. The zero-order chi connectivity index (χ0) is 18.8. The molecule has 0 aromatic heterocycles. The Kier molecular flexibility index (Phi) is 7.25. The number of nitrogens with two attached hydrogens (primary N) is 1. The Labute approximate surface area is 163 Å². The molecule has 0 spiro atoms. The minimum absolute atomic E-state index is 0. The smallest absolute Gasteiger partial charge is 0.257 e. The number of hydrogen-bond donors (Lipinski definition) is 3. The summed E-state index contributed by atoms with van der Waals surface area (Å²) in [5.41, 5.74) is 7.44. The van der Waals surface area contributed by atoms with Crippen LogP contribution in [0.15, 0.2) is 51.1 Å². The van der Waals surface area contributed by atoms with Gasteiger partial charge in [-0.25, -0.2) is 8.42 Å². The molecule has 0 bridgehead atoms. The van der Waals surface area contributed by atoms with Gasteiger partial charge in [-0.15, -0.1) is 12.4 Å². The van der Waals surface area contributed by atoms with E-state index in [4.69, 9.17) is 11.1 Å². The average Bonchev–Trinajstić information content (AvgIpc) is 2.48. The lowest BCUT2D eigenvalue weighted by Crippen LogP contribution is -2.35. The van der Waals surface area contributed by atoms with Crippen LogP contribution in [0.2, 0.25) is 0 Å². The standard InChI is InChI=1S/C17H19N3O3S2.ClH/c1-10-4-6-13(11(2)8-10)24-14-7-5-12(16(21)20-17(18)19)9-15(14)25(3,22)23;/h4-9H,1-3H3,(H4,18,19,20,21);1H.